The number of benzene rings is 2. The summed E-state index contributed by atoms with van der Waals surface area (Å²) in [5.41, 5.74) is 13.1. The first-order valence-corrected chi connectivity index (χ1v) is 6.82. The Morgan fingerprint density at radius 2 is 1.91 bits per heavy atom. The van der Waals surface area contributed by atoms with Crippen LogP contribution in [0.2, 0.25) is 0 Å². The normalized spacial score (nSPS) is 11.0. The minimum absolute atomic E-state index is 0.546. The predicted molar refractivity (Wildman–Crippen MR) is 87.4 cm³/mol. The van der Waals surface area contributed by atoms with E-state index in [-0.39, 0.29) is 0 Å². The molecule has 22 heavy (non-hydrogen) atoms. The van der Waals surface area contributed by atoms with Crippen molar-refractivity contribution in [3.63, 3.8) is 0 Å². The van der Waals surface area contributed by atoms with E-state index in [1.807, 2.05) is 44.3 Å². The van der Waals surface area contributed by atoms with E-state index in [9.17, 15) is 0 Å². The van der Waals surface area contributed by atoms with Crippen LogP contribution in [-0.4, -0.2) is 16.1 Å². The summed E-state index contributed by atoms with van der Waals surface area (Å²) in [6.45, 7) is 4.02. The summed E-state index contributed by atoms with van der Waals surface area (Å²) in [6.07, 6.45) is 3.51. The molecule has 0 fully saturated rings. The van der Waals surface area contributed by atoms with Crippen LogP contribution >= 0.6 is 0 Å². The van der Waals surface area contributed by atoms with Gasteiger partial charge in [-0.05, 0) is 37.6 Å². The van der Waals surface area contributed by atoms with Crippen molar-refractivity contribution < 1.29 is 0 Å². The topological polar surface area (TPSA) is 78.9 Å². The van der Waals surface area contributed by atoms with Gasteiger partial charge in [0.2, 0.25) is 0 Å². The second kappa shape index (κ2) is 5.71. The zero-order valence-electron chi connectivity index (χ0n) is 12.3. The number of hydrogen-bond acceptors (Lipinski definition) is 3. The molecule has 0 amide bonds. The van der Waals surface area contributed by atoms with Gasteiger partial charge in [-0.25, -0.2) is 0 Å². The lowest BCUT2D eigenvalue weighted by molar-refractivity contribution is 0.756. The number of fused-ring (bicyclic) bond motifs is 1. The maximum absolute atomic E-state index is 8.62. The molecule has 2 aromatic carbocycles. The Bertz CT molecular complexity index is 916. The summed E-state index contributed by atoms with van der Waals surface area (Å²) >= 11 is 0. The van der Waals surface area contributed by atoms with Crippen LogP contribution in [0.15, 0.2) is 52.8 Å². The van der Waals surface area contributed by atoms with E-state index >= 15 is 0 Å². The molecule has 3 rings (SSSR count). The summed E-state index contributed by atoms with van der Waals surface area (Å²) in [7, 11) is 0. The van der Waals surface area contributed by atoms with E-state index in [0.29, 0.717) is 5.69 Å². The molecule has 0 aliphatic rings. The number of azide groups is 1. The average Bonchev–Trinajstić information content (AvgIpc) is 2.89. The molecule has 1 heterocycles. The van der Waals surface area contributed by atoms with Crippen LogP contribution < -0.4 is 0 Å². The molecule has 0 saturated carbocycles. The van der Waals surface area contributed by atoms with Crippen LogP contribution in [0, 0.1) is 13.8 Å². The highest BCUT2D eigenvalue weighted by molar-refractivity contribution is 5.87. The molecule has 0 aliphatic carbocycles. The first-order valence-electron chi connectivity index (χ1n) is 6.82. The van der Waals surface area contributed by atoms with E-state index < -0.39 is 0 Å². The Labute approximate surface area is 127 Å². The number of nitrogens with zero attached hydrogens (tertiary/aromatic N) is 6. The predicted octanol–water partition coefficient (Wildman–Crippen LogP) is 4.48. The molecule has 0 atom stereocenters. The average molecular weight is 290 g/mol. The largest absolute Gasteiger partial charge is 0.158 e. The van der Waals surface area contributed by atoms with E-state index in [1.165, 1.54) is 10.4 Å². The molecule has 0 aliphatic heterocycles. The molecule has 108 valence electrons. The molecule has 0 unspecified atom stereocenters. The molecule has 6 nitrogen and oxygen atoms in total. The van der Waals surface area contributed by atoms with Gasteiger partial charge in [0.15, 0.2) is 0 Å². The van der Waals surface area contributed by atoms with Gasteiger partial charge in [0.25, 0.3) is 0 Å². The highest BCUT2D eigenvalue weighted by Crippen LogP contribution is 2.19. The molecule has 0 saturated heterocycles. The van der Waals surface area contributed by atoms with Crippen molar-refractivity contribution in [2.75, 3.05) is 0 Å². The lowest BCUT2D eigenvalue weighted by Crippen LogP contribution is -1.91. The minimum atomic E-state index is 0.546. The van der Waals surface area contributed by atoms with Crippen LogP contribution in [-0.2, 0) is 0 Å². The van der Waals surface area contributed by atoms with E-state index in [4.69, 9.17) is 5.53 Å². The number of rotatable bonds is 3. The fourth-order valence-electron chi connectivity index (χ4n) is 2.23. The Balaban J connectivity index is 1.98. The molecule has 1 aromatic heterocycles. The SMILES string of the molecule is Cc1ccc(N=[N+]=[N-])c(/C=N/n2cc3cc(C)ccc3n2)c1. The molecule has 6 heteroatoms. The Morgan fingerprint density at radius 3 is 2.73 bits per heavy atom. The first kappa shape index (κ1) is 13.9. The summed E-state index contributed by atoms with van der Waals surface area (Å²) in [4.78, 5) is 4.36. The van der Waals surface area contributed by atoms with Crippen molar-refractivity contribution in [1.29, 1.82) is 0 Å². The van der Waals surface area contributed by atoms with Gasteiger partial charge < -0.3 is 0 Å². The summed E-state index contributed by atoms with van der Waals surface area (Å²) in [6, 6.07) is 11.6. The molecular weight excluding hydrogens is 276 g/mol. The third-order valence-electron chi connectivity index (χ3n) is 3.30. The summed E-state index contributed by atoms with van der Waals surface area (Å²) in [5, 5.41) is 13.4. The van der Waals surface area contributed by atoms with Crippen LogP contribution in [0.25, 0.3) is 21.3 Å². The van der Waals surface area contributed by atoms with Crippen molar-refractivity contribution in [3.8, 4) is 0 Å². The maximum atomic E-state index is 8.62. The number of aromatic nitrogens is 2. The maximum Gasteiger partial charge on any atom is 0.0945 e. The quantitative estimate of drug-likeness (QED) is 0.303. The molecular formula is C16H14N6. The Hall–Kier alpha value is -3.11. The van der Waals surface area contributed by atoms with Gasteiger partial charge in [-0.1, -0.05) is 34.4 Å². The van der Waals surface area contributed by atoms with E-state index in [1.54, 1.807) is 12.3 Å². The minimum Gasteiger partial charge on any atom is -0.158 e. The lowest BCUT2D eigenvalue weighted by Gasteiger charge is -2.00. The van der Waals surface area contributed by atoms with Crippen LogP contribution in [0.3, 0.4) is 0 Å². The second-order valence-electron chi connectivity index (χ2n) is 5.11. The zero-order chi connectivity index (χ0) is 15.5. The Kier molecular flexibility index (Phi) is 3.60. The van der Waals surface area contributed by atoms with Crippen molar-refractivity contribution in [3.05, 3.63) is 69.7 Å². The van der Waals surface area contributed by atoms with Crippen LogP contribution in [0.5, 0.6) is 0 Å². The van der Waals surface area contributed by atoms with Crippen LogP contribution in [0.4, 0.5) is 5.69 Å². The Morgan fingerprint density at radius 1 is 1.14 bits per heavy atom. The zero-order valence-corrected chi connectivity index (χ0v) is 12.3. The fourth-order valence-corrected chi connectivity index (χ4v) is 2.23. The van der Waals surface area contributed by atoms with Gasteiger partial charge in [0.1, 0.15) is 0 Å². The van der Waals surface area contributed by atoms with Gasteiger partial charge in [-0.15, -0.1) is 0 Å². The second-order valence-corrected chi connectivity index (χ2v) is 5.11. The van der Waals surface area contributed by atoms with Crippen molar-refractivity contribution in [2.24, 2.45) is 10.2 Å². The van der Waals surface area contributed by atoms with E-state index in [2.05, 4.69) is 26.3 Å². The fraction of sp³-hybridized carbons (Fsp3) is 0.125. The van der Waals surface area contributed by atoms with Gasteiger partial charge in [-0.3, -0.25) is 0 Å². The van der Waals surface area contributed by atoms with Gasteiger partial charge in [0, 0.05) is 21.5 Å². The summed E-state index contributed by atoms with van der Waals surface area (Å²) < 4.78 is 0. The smallest absolute Gasteiger partial charge is 0.0945 e. The van der Waals surface area contributed by atoms with Crippen molar-refractivity contribution in [2.45, 2.75) is 13.8 Å². The summed E-state index contributed by atoms with van der Waals surface area (Å²) in [5.74, 6) is 0. The molecule has 0 spiro atoms. The number of aryl methyl sites for hydroxylation is 2. The monoisotopic (exact) mass is 290 g/mol. The first-order chi connectivity index (χ1) is 10.7. The lowest BCUT2D eigenvalue weighted by atomic mass is 10.1. The van der Waals surface area contributed by atoms with Crippen molar-refractivity contribution in [1.82, 2.24) is 9.89 Å². The molecule has 0 radical (unpaired) electrons. The number of hydrogen-bond donors (Lipinski definition) is 0. The third kappa shape index (κ3) is 2.82. The van der Waals surface area contributed by atoms with Crippen LogP contribution in [0.1, 0.15) is 16.7 Å². The van der Waals surface area contributed by atoms with Gasteiger partial charge in [-0.2, -0.15) is 15.0 Å². The molecule has 0 N–H and O–H groups in total. The van der Waals surface area contributed by atoms with Gasteiger partial charge in [0.05, 0.1) is 17.9 Å². The van der Waals surface area contributed by atoms with Crippen molar-refractivity contribution >= 4 is 22.8 Å². The molecule has 0 bridgehead atoms. The standard InChI is InChI=1S/C16H14N6/c1-11-3-5-15(19-21-17)13(7-11)9-18-22-10-14-8-12(2)4-6-16(14)20-22/h3-10H,1-2H3/b18-9+. The highest BCUT2D eigenvalue weighted by atomic mass is 15.5. The highest BCUT2D eigenvalue weighted by Gasteiger charge is 2.01. The molecule has 3 aromatic rings. The van der Waals surface area contributed by atoms with Gasteiger partial charge >= 0.3 is 0 Å². The third-order valence-corrected chi connectivity index (χ3v) is 3.30. The van der Waals surface area contributed by atoms with E-state index in [0.717, 1.165) is 22.0 Å².